The minimum atomic E-state index is -0.709. The molecule has 0 aliphatic carbocycles. The molecule has 402 valence electrons. The van der Waals surface area contributed by atoms with Crippen LogP contribution < -0.4 is 0 Å². The van der Waals surface area contributed by atoms with Crippen molar-refractivity contribution in [3.63, 3.8) is 0 Å². The van der Waals surface area contributed by atoms with Crippen molar-refractivity contribution in [2.75, 3.05) is 0 Å². The lowest BCUT2D eigenvalue weighted by atomic mass is 9.68. The van der Waals surface area contributed by atoms with E-state index in [0.29, 0.717) is 0 Å². The van der Waals surface area contributed by atoms with E-state index < -0.39 is 21.7 Å². The minimum absolute atomic E-state index is 0.554. The molecule has 0 spiro atoms. The van der Waals surface area contributed by atoms with Gasteiger partial charge in [0.15, 0.2) is 0 Å². The molecule has 0 aliphatic heterocycles. The van der Waals surface area contributed by atoms with Gasteiger partial charge in [0.2, 0.25) is 0 Å². The molecule has 0 saturated carbocycles. The lowest BCUT2D eigenvalue weighted by Gasteiger charge is -2.37. The van der Waals surface area contributed by atoms with E-state index in [1.807, 2.05) is 42.5 Å². The summed E-state index contributed by atoms with van der Waals surface area (Å²) in [5, 5.41) is 0. The van der Waals surface area contributed by atoms with Gasteiger partial charge in [0.25, 0.3) is 0 Å². The fraction of sp³-hybridized carbons (Fsp3) is 0.118. The second-order valence-corrected chi connectivity index (χ2v) is 27.8. The molecule has 0 aliphatic rings. The van der Waals surface area contributed by atoms with E-state index in [-0.39, 0.29) is 0 Å². The first-order valence-electron chi connectivity index (χ1n) is 25.7. The molecule has 10 aromatic carbocycles. The number of benzene rings is 10. The molecule has 2 unspecified atom stereocenters. The van der Waals surface area contributed by atoms with Crippen LogP contribution in [-0.2, 0) is 21.7 Å². The van der Waals surface area contributed by atoms with Crippen LogP contribution >= 0.6 is 148 Å². The van der Waals surface area contributed by atoms with Crippen molar-refractivity contribution in [1.82, 2.24) is 0 Å². The van der Waals surface area contributed by atoms with Gasteiger partial charge >= 0.3 is 0 Å². The molecule has 2 atom stereocenters. The van der Waals surface area contributed by atoms with Crippen LogP contribution in [0.25, 0.3) is 0 Å². The van der Waals surface area contributed by atoms with Crippen molar-refractivity contribution in [2.24, 2.45) is 0 Å². The summed E-state index contributed by atoms with van der Waals surface area (Å²) in [4.78, 5) is 10.9. The highest BCUT2D eigenvalue weighted by molar-refractivity contribution is 8.76. The number of hydrogen-bond acceptors (Lipinski definition) is 12. The van der Waals surface area contributed by atoms with E-state index >= 15 is 0 Å². The van der Waals surface area contributed by atoms with Gasteiger partial charge in [0.05, 0.1) is 0 Å². The fourth-order valence-electron chi connectivity index (χ4n) is 11.7. The zero-order valence-corrected chi connectivity index (χ0v) is 54.7. The van der Waals surface area contributed by atoms with E-state index in [1.165, 1.54) is 0 Å². The molecular formula is C68H58S12. The standard InChI is InChI=1S/C68H58S12/c1-65(49-13-5-9-17-57(49)73,50-14-6-10-18-58(50)74)41-21-25-43(26-22-41)67(3,51-15-7-11-19-59(51)75)55-16-8-12-20-63(55)79-80-64-40-48(72)32-36-56(64)68(4,54-35-31-47(71)39-62(54)78)44-27-23-42(24-28-44)66(2,52-33-29-45(69)37-60(52)76)53-34-30-46(70)38-61(53)77/h5-40,69-78H,1-4H3. The van der Waals surface area contributed by atoms with Crippen molar-refractivity contribution >= 4 is 148 Å². The molecule has 0 amide bonds. The SMILES string of the molecule is CC(c1ccc(C(C)(c2ccccc2S)c2ccccc2SSc2cc(S)ccc2C(C)(c2ccc(C(C)(c3ccc(S)cc3S)c3ccc(S)cc3S)cc2)c2ccc(S)cc2S)cc1)(c1ccccc1S)c1ccccc1S. The lowest BCUT2D eigenvalue weighted by Crippen LogP contribution is -2.29. The normalized spacial score (nSPS) is 13.4. The summed E-state index contributed by atoms with van der Waals surface area (Å²) in [6.07, 6.45) is 0. The van der Waals surface area contributed by atoms with Crippen molar-refractivity contribution in [1.29, 1.82) is 0 Å². The minimum Gasteiger partial charge on any atom is -0.143 e. The Morgan fingerprint density at radius 2 is 0.463 bits per heavy atom. The first kappa shape index (κ1) is 59.6. The van der Waals surface area contributed by atoms with E-state index in [2.05, 4.69) is 229 Å². The number of thiol groups is 10. The van der Waals surface area contributed by atoms with E-state index in [1.54, 1.807) is 21.6 Å². The quantitative estimate of drug-likeness (QED) is 0.0282. The van der Waals surface area contributed by atoms with Gasteiger partial charge in [-0.1, -0.05) is 167 Å². The summed E-state index contributed by atoms with van der Waals surface area (Å²) < 4.78 is 0. The summed E-state index contributed by atoms with van der Waals surface area (Å²) >= 11 is 49.6. The Morgan fingerprint density at radius 1 is 0.225 bits per heavy atom. The number of rotatable bonds is 15. The average Bonchev–Trinajstić information content (AvgIpc) is 3.58. The Bertz CT molecular complexity index is 3830. The zero-order valence-electron chi connectivity index (χ0n) is 44.1. The summed E-state index contributed by atoms with van der Waals surface area (Å²) in [7, 11) is 3.49. The van der Waals surface area contributed by atoms with Crippen molar-refractivity contribution in [3.05, 3.63) is 285 Å². The zero-order chi connectivity index (χ0) is 56.7. The van der Waals surface area contributed by atoms with Crippen LogP contribution in [0.4, 0.5) is 0 Å². The Hall–Kier alpha value is -3.60. The lowest BCUT2D eigenvalue weighted by molar-refractivity contribution is 0.647. The molecule has 0 aromatic heterocycles. The molecule has 0 heterocycles. The highest BCUT2D eigenvalue weighted by Gasteiger charge is 2.41. The Balaban J connectivity index is 1.08. The van der Waals surface area contributed by atoms with Gasteiger partial charge in [-0.25, -0.2) is 0 Å². The van der Waals surface area contributed by atoms with Crippen LogP contribution in [0.3, 0.4) is 0 Å². The third-order valence-corrected chi connectivity index (χ3v) is 22.0. The van der Waals surface area contributed by atoms with Crippen LogP contribution in [0.15, 0.2) is 277 Å². The summed E-state index contributed by atoms with van der Waals surface area (Å²) in [6.45, 7) is 9.15. The predicted molar refractivity (Wildman–Crippen MR) is 371 cm³/mol. The molecule has 12 heteroatoms. The Labute approximate surface area is 535 Å². The summed E-state index contributed by atoms with van der Waals surface area (Å²) in [5.74, 6) is 0. The second kappa shape index (κ2) is 24.5. The van der Waals surface area contributed by atoms with Crippen LogP contribution in [0, 0.1) is 0 Å². The molecule has 10 rings (SSSR count). The maximum Gasteiger partial charge on any atom is 0.0445 e. The third kappa shape index (κ3) is 11.2. The van der Waals surface area contributed by atoms with E-state index in [4.69, 9.17) is 101 Å². The third-order valence-electron chi connectivity index (χ3n) is 16.1. The fourth-order valence-corrected chi connectivity index (χ4v) is 17.9. The van der Waals surface area contributed by atoms with E-state index in [0.717, 1.165) is 126 Å². The van der Waals surface area contributed by atoms with Gasteiger partial charge in [-0.05, 0) is 167 Å². The van der Waals surface area contributed by atoms with Gasteiger partial charge in [-0.15, -0.1) is 126 Å². The van der Waals surface area contributed by atoms with Gasteiger partial charge in [-0.2, -0.15) is 0 Å². The molecule has 0 saturated heterocycles. The molecule has 0 nitrogen and oxygen atoms in total. The van der Waals surface area contributed by atoms with Gasteiger partial charge in [-0.3, -0.25) is 0 Å². The molecule has 0 N–H and O–H groups in total. The van der Waals surface area contributed by atoms with Crippen LogP contribution in [-0.4, -0.2) is 0 Å². The Kier molecular flexibility index (Phi) is 18.3. The molecule has 0 fully saturated rings. The predicted octanol–water partition coefficient (Wildman–Crippen LogP) is 20.8. The van der Waals surface area contributed by atoms with Crippen molar-refractivity contribution in [2.45, 2.75) is 108 Å². The highest BCUT2D eigenvalue weighted by Crippen LogP contribution is 2.54. The first-order valence-corrected chi connectivity index (χ1v) is 32.3. The summed E-state index contributed by atoms with van der Waals surface area (Å²) in [6, 6.07) is 77.2. The van der Waals surface area contributed by atoms with Crippen molar-refractivity contribution in [3.8, 4) is 0 Å². The van der Waals surface area contributed by atoms with Gasteiger partial charge in [0.1, 0.15) is 0 Å². The van der Waals surface area contributed by atoms with Crippen LogP contribution in [0.2, 0.25) is 0 Å². The van der Waals surface area contributed by atoms with Crippen LogP contribution in [0.1, 0.15) is 94.5 Å². The van der Waals surface area contributed by atoms with E-state index in [9.17, 15) is 0 Å². The molecule has 80 heavy (non-hydrogen) atoms. The smallest absolute Gasteiger partial charge is 0.0445 e. The maximum atomic E-state index is 5.20. The Morgan fingerprint density at radius 3 is 0.787 bits per heavy atom. The average molecular weight is 1260 g/mol. The van der Waals surface area contributed by atoms with Gasteiger partial charge < -0.3 is 0 Å². The monoisotopic (exact) mass is 1260 g/mol. The van der Waals surface area contributed by atoms with Crippen molar-refractivity contribution < 1.29 is 0 Å². The topological polar surface area (TPSA) is 0 Å². The van der Waals surface area contributed by atoms with Gasteiger partial charge in [0, 0.05) is 80.4 Å². The van der Waals surface area contributed by atoms with Crippen LogP contribution in [0.5, 0.6) is 0 Å². The molecule has 10 aromatic rings. The molecular weight excluding hydrogens is 1200 g/mol. The number of hydrogen-bond donors (Lipinski definition) is 10. The second-order valence-electron chi connectivity index (χ2n) is 20.7. The summed E-state index contributed by atoms with van der Waals surface area (Å²) in [5.41, 5.74) is 10.6. The molecule has 0 radical (unpaired) electrons. The maximum absolute atomic E-state index is 5.20. The molecule has 0 bridgehead atoms. The first-order chi connectivity index (χ1) is 38.3. The highest BCUT2D eigenvalue weighted by atomic mass is 33.1. The largest absolute Gasteiger partial charge is 0.143 e.